The first-order valence-corrected chi connectivity index (χ1v) is 7.12. The lowest BCUT2D eigenvalue weighted by molar-refractivity contribution is -0.116. The van der Waals surface area contributed by atoms with Crippen molar-refractivity contribution in [2.24, 2.45) is 11.1 Å². The molecule has 0 saturated carbocycles. The van der Waals surface area contributed by atoms with Crippen LogP contribution in [0.4, 0.5) is 5.69 Å². The van der Waals surface area contributed by atoms with E-state index >= 15 is 0 Å². The number of amides is 1. The number of nitrogens with one attached hydrogen (secondary N) is 1. The number of aliphatic hydroxyl groups excluding tert-OH is 1. The summed E-state index contributed by atoms with van der Waals surface area (Å²) < 4.78 is 0. The number of benzene rings is 1. The van der Waals surface area contributed by atoms with Gasteiger partial charge < -0.3 is 16.2 Å². The zero-order valence-corrected chi connectivity index (χ0v) is 12.6. The molecule has 0 heterocycles. The van der Waals surface area contributed by atoms with Crippen LogP contribution < -0.4 is 11.1 Å². The van der Waals surface area contributed by atoms with Crippen molar-refractivity contribution in [2.45, 2.75) is 46.1 Å². The lowest BCUT2D eigenvalue weighted by Crippen LogP contribution is -2.21. The second-order valence-electron chi connectivity index (χ2n) is 6.01. The van der Waals surface area contributed by atoms with Gasteiger partial charge in [0, 0.05) is 17.7 Å². The molecule has 1 atom stereocenters. The number of para-hydroxylation sites is 1. The van der Waals surface area contributed by atoms with Gasteiger partial charge in [-0.25, -0.2) is 0 Å². The summed E-state index contributed by atoms with van der Waals surface area (Å²) in [6.07, 6.45) is 1.57. The monoisotopic (exact) mass is 278 g/mol. The van der Waals surface area contributed by atoms with Crippen LogP contribution in [0.5, 0.6) is 0 Å². The Kier molecular flexibility index (Phi) is 6.17. The molecule has 0 spiro atoms. The first kappa shape index (κ1) is 16.7. The third kappa shape index (κ3) is 5.31. The Morgan fingerprint density at radius 3 is 2.60 bits per heavy atom. The number of rotatable bonds is 7. The molecule has 0 aliphatic heterocycles. The van der Waals surface area contributed by atoms with Crippen LogP contribution in [0.25, 0.3) is 0 Å². The molecule has 0 saturated heterocycles. The molecular weight excluding hydrogens is 252 g/mol. The maximum absolute atomic E-state index is 12.0. The van der Waals surface area contributed by atoms with Gasteiger partial charge in [0.05, 0.1) is 6.10 Å². The number of hydrogen-bond acceptors (Lipinski definition) is 3. The molecule has 1 unspecified atom stereocenters. The molecule has 4 heteroatoms. The van der Waals surface area contributed by atoms with Crippen molar-refractivity contribution in [1.82, 2.24) is 0 Å². The first-order chi connectivity index (χ1) is 9.35. The Hall–Kier alpha value is -1.39. The van der Waals surface area contributed by atoms with Gasteiger partial charge in [0.1, 0.15) is 0 Å². The molecule has 1 rings (SSSR count). The van der Waals surface area contributed by atoms with Crippen molar-refractivity contribution in [3.8, 4) is 0 Å². The fourth-order valence-corrected chi connectivity index (χ4v) is 2.16. The van der Waals surface area contributed by atoms with Gasteiger partial charge in [0.2, 0.25) is 5.91 Å². The van der Waals surface area contributed by atoms with Crippen LogP contribution in [-0.2, 0) is 4.79 Å². The van der Waals surface area contributed by atoms with Crippen molar-refractivity contribution in [1.29, 1.82) is 0 Å². The molecule has 0 aliphatic carbocycles. The molecule has 0 aliphatic rings. The average molecular weight is 278 g/mol. The van der Waals surface area contributed by atoms with Gasteiger partial charge in [-0.1, -0.05) is 32.0 Å². The van der Waals surface area contributed by atoms with E-state index in [-0.39, 0.29) is 11.3 Å². The van der Waals surface area contributed by atoms with Crippen molar-refractivity contribution >= 4 is 11.6 Å². The third-order valence-electron chi connectivity index (χ3n) is 3.53. The molecule has 1 aromatic rings. The van der Waals surface area contributed by atoms with E-state index in [9.17, 15) is 9.90 Å². The Labute approximate surface area is 121 Å². The Balaban J connectivity index is 2.59. The smallest absolute Gasteiger partial charge is 0.224 e. The maximum atomic E-state index is 12.0. The van der Waals surface area contributed by atoms with Crippen LogP contribution in [0.15, 0.2) is 24.3 Å². The second-order valence-corrected chi connectivity index (χ2v) is 6.01. The SMILES string of the molecule is CC(O)c1ccccc1NC(=O)CCC(C)(C)CCN. The Bertz CT molecular complexity index is 442. The molecule has 112 valence electrons. The summed E-state index contributed by atoms with van der Waals surface area (Å²) in [5, 5.41) is 12.6. The quantitative estimate of drug-likeness (QED) is 0.718. The minimum Gasteiger partial charge on any atom is -0.389 e. The van der Waals surface area contributed by atoms with Crippen molar-refractivity contribution in [2.75, 3.05) is 11.9 Å². The minimum atomic E-state index is -0.597. The summed E-state index contributed by atoms with van der Waals surface area (Å²) >= 11 is 0. The van der Waals surface area contributed by atoms with E-state index in [1.165, 1.54) is 0 Å². The molecule has 0 aromatic heterocycles. The topological polar surface area (TPSA) is 75.3 Å². The van der Waals surface area contributed by atoms with Gasteiger partial charge in [-0.2, -0.15) is 0 Å². The van der Waals surface area contributed by atoms with Gasteiger partial charge in [-0.3, -0.25) is 4.79 Å². The highest BCUT2D eigenvalue weighted by atomic mass is 16.3. The third-order valence-corrected chi connectivity index (χ3v) is 3.53. The maximum Gasteiger partial charge on any atom is 0.224 e. The Morgan fingerprint density at radius 2 is 2.00 bits per heavy atom. The van der Waals surface area contributed by atoms with Crippen LogP contribution in [0.2, 0.25) is 0 Å². The number of anilines is 1. The largest absolute Gasteiger partial charge is 0.389 e. The Morgan fingerprint density at radius 1 is 1.35 bits per heavy atom. The summed E-state index contributed by atoms with van der Waals surface area (Å²) in [6.45, 7) is 6.57. The minimum absolute atomic E-state index is 0.0248. The predicted molar refractivity (Wildman–Crippen MR) is 82.4 cm³/mol. The van der Waals surface area contributed by atoms with E-state index in [0.29, 0.717) is 18.7 Å². The highest BCUT2D eigenvalue weighted by Crippen LogP contribution is 2.27. The van der Waals surface area contributed by atoms with E-state index < -0.39 is 6.10 Å². The predicted octanol–water partition coefficient (Wildman–Crippen LogP) is 2.83. The van der Waals surface area contributed by atoms with Gasteiger partial charge in [0.25, 0.3) is 0 Å². The van der Waals surface area contributed by atoms with Crippen LogP contribution in [0, 0.1) is 5.41 Å². The van der Waals surface area contributed by atoms with E-state index in [2.05, 4.69) is 19.2 Å². The van der Waals surface area contributed by atoms with Crippen LogP contribution in [-0.4, -0.2) is 17.6 Å². The van der Waals surface area contributed by atoms with Crippen LogP contribution in [0.1, 0.15) is 51.7 Å². The van der Waals surface area contributed by atoms with Crippen LogP contribution >= 0.6 is 0 Å². The standard InChI is InChI=1S/C16H26N2O2/c1-12(19)13-6-4-5-7-14(13)18-15(20)8-9-16(2,3)10-11-17/h4-7,12,19H,8-11,17H2,1-3H3,(H,18,20). The van der Waals surface area contributed by atoms with E-state index in [4.69, 9.17) is 5.73 Å². The normalized spacial score (nSPS) is 13.1. The zero-order valence-electron chi connectivity index (χ0n) is 12.6. The number of carbonyl (C=O) groups is 1. The molecule has 4 N–H and O–H groups in total. The van der Waals surface area contributed by atoms with Gasteiger partial charge in [0.15, 0.2) is 0 Å². The summed E-state index contributed by atoms with van der Waals surface area (Å²) in [6, 6.07) is 7.32. The van der Waals surface area contributed by atoms with Crippen molar-refractivity contribution in [3.63, 3.8) is 0 Å². The van der Waals surface area contributed by atoms with Crippen LogP contribution in [0.3, 0.4) is 0 Å². The van der Waals surface area contributed by atoms with E-state index in [1.807, 2.05) is 24.3 Å². The number of nitrogens with two attached hydrogens (primary N) is 1. The number of carbonyl (C=O) groups excluding carboxylic acids is 1. The summed E-state index contributed by atoms with van der Waals surface area (Å²) in [5.41, 5.74) is 7.07. The average Bonchev–Trinajstić information content (AvgIpc) is 2.37. The summed E-state index contributed by atoms with van der Waals surface area (Å²) in [7, 11) is 0. The molecule has 4 nitrogen and oxygen atoms in total. The van der Waals surface area contributed by atoms with Gasteiger partial charge in [-0.05, 0) is 37.8 Å². The second kappa shape index (κ2) is 7.41. The summed E-state index contributed by atoms with van der Waals surface area (Å²) in [5.74, 6) is -0.0248. The molecule has 0 fully saturated rings. The fourth-order valence-electron chi connectivity index (χ4n) is 2.16. The lowest BCUT2D eigenvalue weighted by Gasteiger charge is -2.23. The molecule has 0 bridgehead atoms. The van der Waals surface area contributed by atoms with Crippen molar-refractivity contribution in [3.05, 3.63) is 29.8 Å². The molecular formula is C16H26N2O2. The molecule has 1 amide bonds. The van der Waals surface area contributed by atoms with E-state index in [1.54, 1.807) is 6.92 Å². The van der Waals surface area contributed by atoms with Gasteiger partial charge >= 0.3 is 0 Å². The van der Waals surface area contributed by atoms with E-state index in [0.717, 1.165) is 18.4 Å². The molecule has 1 aromatic carbocycles. The first-order valence-electron chi connectivity index (χ1n) is 7.12. The fraction of sp³-hybridized carbons (Fsp3) is 0.562. The summed E-state index contributed by atoms with van der Waals surface area (Å²) in [4.78, 5) is 12.0. The van der Waals surface area contributed by atoms with Gasteiger partial charge in [-0.15, -0.1) is 0 Å². The molecule has 0 radical (unpaired) electrons. The molecule has 20 heavy (non-hydrogen) atoms. The number of hydrogen-bond donors (Lipinski definition) is 3. The highest BCUT2D eigenvalue weighted by Gasteiger charge is 2.18. The number of aliphatic hydroxyl groups is 1. The lowest BCUT2D eigenvalue weighted by atomic mass is 9.84. The van der Waals surface area contributed by atoms with Crippen molar-refractivity contribution < 1.29 is 9.90 Å². The zero-order chi connectivity index (χ0) is 15.2. The highest BCUT2D eigenvalue weighted by molar-refractivity contribution is 5.91.